The number of hydrogen-bond donors (Lipinski definition) is 2. The van der Waals surface area contributed by atoms with Gasteiger partial charge in [0, 0.05) is 5.54 Å². The van der Waals surface area contributed by atoms with Crippen molar-refractivity contribution in [2.24, 2.45) is 5.92 Å². The average Bonchev–Trinajstić information content (AvgIpc) is 2.09. The van der Waals surface area contributed by atoms with Crippen molar-refractivity contribution in [1.29, 1.82) is 0 Å². The van der Waals surface area contributed by atoms with Gasteiger partial charge in [0.15, 0.2) is 0 Å². The van der Waals surface area contributed by atoms with Gasteiger partial charge in [0.1, 0.15) is 11.6 Å². The van der Waals surface area contributed by atoms with E-state index in [9.17, 15) is 14.7 Å². The van der Waals surface area contributed by atoms with Crippen molar-refractivity contribution in [1.82, 2.24) is 5.32 Å². The van der Waals surface area contributed by atoms with E-state index in [0.29, 0.717) is 6.42 Å². The highest BCUT2D eigenvalue weighted by atomic mass is 16.6. The summed E-state index contributed by atoms with van der Waals surface area (Å²) < 4.78 is 5.27. The third kappa shape index (κ3) is 8.91. The second kappa shape index (κ2) is 7.07. The molecule has 5 nitrogen and oxygen atoms in total. The molecule has 0 aliphatic carbocycles. The first kappa shape index (κ1) is 18.9. The summed E-state index contributed by atoms with van der Waals surface area (Å²) in [6.45, 7) is 13.0. The quantitative estimate of drug-likeness (QED) is 0.704. The fraction of sp³-hybridized carbons (Fsp3) is 0.867. The largest absolute Gasteiger partial charge is 0.480 e. The Morgan fingerprint density at radius 3 is 2.00 bits per heavy atom. The molecule has 118 valence electrons. The van der Waals surface area contributed by atoms with E-state index in [2.05, 4.69) is 5.32 Å². The van der Waals surface area contributed by atoms with Gasteiger partial charge in [0.05, 0.1) is 6.42 Å². The highest BCUT2D eigenvalue weighted by molar-refractivity contribution is 5.74. The van der Waals surface area contributed by atoms with Crippen LogP contribution in [0.5, 0.6) is 0 Å². The predicted molar refractivity (Wildman–Crippen MR) is 78.6 cm³/mol. The van der Waals surface area contributed by atoms with Crippen LogP contribution in [0, 0.1) is 5.92 Å². The monoisotopic (exact) mass is 287 g/mol. The van der Waals surface area contributed by atoms with Crippen LogP contribution in [-0.4, -0.2) is 34.2 Å². The maximum Gasteiger partial charge on any atom is 0.320 e. The molecule has 0 radical (unpaired) electrons. The molecule has 20 heavy (non-hydrogen) atoms. The number of nitrogens with one attached hydrogen (secondary N) is 1. The van der Waals surface area contributed by atoms with Crippen LogP contribution >= 0.6 is 0 Å². The molecule has 0 heterocycles. The normalized spacial score (nSPS) is 14.2. The molecular weight excluding hydrogens is 258 g/mol. The second-order valence-electron chi connectivity index (χ2n) is 7.31. The van der Waals surface area contributed by atoms with Crippen molar-refractivity contribution >= 4 is 11.9 Å². The smallest absolute Gasteiger partial charge is 0.320 e. The van der Waals surface area contributed by atoms with Crippen molar-refractivity contribution < 1.29 is 19.4 Å². The minimum Gasteiger partial charge on any atom is -0.480 e. The molecule has 0 aromatic rings. The predicted octanol–water partition coefficient (Wildman–Crippen LogP) is 2.59. The van der Waals surface area contributed by atoms with Gasteiger partial charge in [-0.3, -0.25) is 14.9 Å². The zero-order valence-electron chi connectivity index (χ0n) is 13.7. The summed E-state index contributed by atoms with van der Waals surface area (Å²) in [5.41, 5.74) is -1.16. The fourth-order valence-corrected chi connectivity index (χ4v) is 1.95. The maximum absolute atomic E-state index is 11.8. The number of ether oxygens (including phenoxy) is 1. The SMILES string of the molecule is CC(C)CC(NC(C)(C)CC(=O)OC(C)(C)C)C(=O)O. The van der Waals surface area contributed by atoms with E-state index < -0.39 is 23.2 Å². The van der Waals surface area contributed by atoms with E-state index in [1.807, 2.05) is 48.5 Å². The number of carbonyl (C=O) groups is 2. The van der Waals surface area contributed by atoms with Gasteiger partial charge in [-0.15, -0.1) is 0 Å². The van der Waals surface area contributed by atoms with Gasteiger partial charge >= 0.3 is 11.9 Å². The Morgan fingerprint density at radius 2 is 1.65 bits per heavy atom. The first-order chi connectivity index (χ1) is 8.82. The number of carboxylic acids is 1. The molecule has 0 aromatic carbocycles. The number of esters is 1. The molecule has 1 atom stereocenters. The first-order valence-electron chi connectivity index (χ1n) is 7.05. The molecule has 0 aromatic heterocycles. The fourth-order valence-electron chi connectivity index (χ4n) is 1.95. The van der Waals surface area contributed by atoms with Gasteiger partial charge in [0.2, 0.25) is 0 Å². The van der Waals surface area contributed by atoms with Crippen molar-refractivity contribution in [3.63, 3.8) is 0 Å². The molecule has 1 unspecified atom stereocenters. The van der Waals surface area contributed by atoms with E-state index in [1.165, 1.54) is 0 Å². The summed E-state index contributed by atoms with van der Waals surface area (Å²) in [6, 6.07) is -0.660. The van der Waals surface area contributed by atoms with Crippen LogP contribution in [0.3, 0.4) is 0 Å². The minimum atomic E-state index is -0.893. The lowest BCUT2D eigenvalue weighted by Gasteiger charge is -2.31. The third-order valence-electron chi connectivity index (χ3n) is 2.58. The third-order valence-corrected chi connectivity index (χ3v) is 2.58. The van der Waals surface area contributed by atoms with Crippen LogP contribution < -0.4 is 5.32 Å². The zero-order valence-corrected chi connectivity index (χ0v) is 13.7. The summed E-state index contributed by atoms with van der Waals surface area (Å²) in [6.07, 6.45) is 0.652. The lowest BCUT2D eigenvalue weighted by atomic mass is 9.96. The maximum atomic E-state index is 11.8. The Morgan fingerprint density at radius 1 is 1.15 bits per heavy atom. The highest BCUT2D eigenvalue weighted by Gasteiger charge is 2.30. The molecule has 0 bridgehead atoms. The van der Waals surface area contributed by atoms with Crippen molar-refractivity contribution in [2.75, 3.05) is 0 Å². The van der Waals surface area contributed by atoms with Gasteiger partial charge in [-0.25, -0.2) is 0 Å². The molecule has 0 aliphatic heterocycles. The Kier molecular flexibility index (Phi) is 6.68. The highest BCUT2D eigenvalue weighted by Crippen LogP contribution is 2.17. The van der Waals surface area contributed by atoms with Crippen LogP contribution in [0.1, 0.15) is 61.3 Å². The van der Waals surface area contributed by atoms with Gasteiger partial charge in [-0.05, 0) is 47.0 Å². The Bertz CT molecular complexity index is 342. The lowest BCUT2D eigenvalue weighted by molar-refractivity contribution is -0.157. The van der Waals surface area contributed by atoms with Crippen molar-refractivity contribution in [3.8, 4) is 0 Å². The van der Waals surface area contributed by atoms with Crippen LogP contribution in [-0.2, 0) is 14.3 Å². The van der Waals surface area contributed by atoms with Gasteiger partial charge in [0.25, 0.3) is 0 Å². The van der Waals surface area contributed by atoms with Gasteiger partial charge in [-0.1, -0.05) is 13.8 Å². The molecule has 2 N–H and O–H groups in total. The average molecular weight is 287 g/mol. The number of carbonyl (C=O) groups excluding carboxylic acids is 1. The van der Waals surface area contributed by atoms with E-state index in [1.54, 1.807) is 0 Å². The topological polar surface area (TPSA) is 75.6 Å². The van der Waals surface area contributed by atoms with Crippen molar-refractivity contribution in [3.05, 3.63) is 0 Å². The number of aliphatic carboxylic acids is 1. The minimum absolute atomic E-state index is 0.131. The molecule has 0 aliphatic rings. The van der Waals surface area contributed by atoms with Gasteiger partial charge < -0.3 is 9.84 Å². The summed E-state index contributed by atoms with van der Waals surface area (Å²) in [7, 11) is 0. The van der Waals surface area contributed by atoms with E-state index >= 15 is 0 Å². The Labute approximate surface area is 122 Å². The first-order valence-corrected chi connectivity index (χ1v) is 7.05. The summed E-state index contributed by atoms with van der Waals surface area (Å²) in [4.78, 5) is 23.1. The number of hydrogen-bond acceptors (Lipinski definition) is 4. The second-order valence-corrected chi connectivity index (χ2v) is 7.31. The molecule has 0 spiro atoms. The molecule has 0 rings (SSSR count). The molecule has 0 amide bonds. The van der Waals surface area contributed by atoms with E-state index in [0.717, 1.165) is 0 Å². The Balaban J connectivity index is 4.62. The Hall–Kier alpha value is -1.10. The molecule has 0 fully saturated rings. The summed E-state index contributed by atoms with van der Waals surface area (Å²) in [5, 5.41) is 12.3. The van der Waals surface area contributed by atoms with Crippen molar-refractivity contribution in [2.45, 2.75) is 78.5 Å². The summed E-state index contributed by atoms with van der Waals surface area (Å²) in [5.74, 6) is -0.958. The number of carboxylic acid groups (broad SMARTS) is 1. The van der Waals surface area contributed by atoms with Crippen LogP contribution in [0.2, 0.25) is 0 Å². The summed E-state index contributed by atoms with van der Waals surface area (Å²) >= 11 is 0. The van der Waals surface area contributed by atoms with E-state index in [-0.39, 0.29) is 18.3 Å². The van der Waals surface area contributed by atoms with Gasteiger partial charge in [-0.2, -0.15) is 0 Å². The molecule has 0 saturated heterocycles. The van der Waals surface area contributed by atoms with Crippen LogP contribution in [0.15, 0.2) is 0 Å². The van der Waals surface area contributed by atoms with Crippen LogP contribution in [0.25, 0.3) is 0 Å². The van der Waals surface area contributed by atoms with E-state index in [4.69, 9.17) is 4.74 Å². The van der Waals surface area contributed by atoms with Crippen LogP contribution in [0.4, 0.5) is 0 Å². The lowest BCUT2D eigenvalue weighted by Crippen LogP contribution is -2.51. The molecule has 0 saturated carbocycles. The standard InChI is InChI=1S/C15H29NO4/c1-10(2)8-11(13(18)19)16-15(6,7)9-12(17)20-14(3,4)5/h10-11,16H,8-9H2,1-7H3,(H,18,19). The zero-order chi connectivity index (χ0) is 16.1. The number of rotatable bonds is 7. The molecule has 5 heteroatoms. The molecular formula is C15H29NO4.